The van der Waals surface area contributed by atoms with Gasteiger partial charge in [-0.15, -0.1) is 0 Å². The number of aliphatic carboxylic acids is 1. The van der Waals surface area contributed by atoms with E-state index < -0.39 is 12.0 Å². The van der Waals surface area contributed by atoms with E-state index in [0.717, 1.165) is 30.8 Å². The predicted octanol–water partition coefficient (Wildman–Crippen LogP) is 2.05. The molecule has 5 nitrogen and oxygen atoms in total. The molecule has 0 radical (unpaired) electrons. The van der Waals surface area contributed by atoms with E-state index in [0.29, 0.717) is 6.42 Å². The van der Waals surface area contributed by atoms with Crippen molar-refractivity contribution in [3.8, 4) is 0 Å². The highest BCUT2D eigenvalue weighted by Gasteiger charge is 2.31. The molecule has 106 valence electrons. The minimum atomic E-state index is -0.811. The van der Waals surface area contributed by atoms with Crippen LogP contribution < -0.4 is 10.4 Å². The average molecular weight is 274 g/mol. The largest absolute Gasteiger partial charge is 0.480 e. The number of allylic oxidation sites excluding steroid dienone is 1. The highest BCUT2D eigenvalue weighted by Crippen LogP contribution is 2.35. The van der Waals surface area contributed by atoms with Crippen molar-refractivity contribution in [1.82, 2.24) is 5.32 Å². The molecule has 0 amide bonds. The Morgan fingerprint density at radius 1 is 1.45 bits per heavy atom. The van der Waals surface area contributed by atoms with Gasteiger partial charge in [-0.25, -0.2) is 9.86 Å². The number of hydrogen-bond donors (Lipinski definition) is 2. The molecule has 2 heterocycles. The molecule has 0 saturated carbocycles. The number of carbonyl (C=O) groups is 1. The summed E-state index contributed by atoms with van der Waals surface area (Å²) in [5.74, 6) is -0.00948. The topological polar surface area (TPSA) is 61.8 Å². The van der Waals surface area contributed by atoms with Gasteiger partial charge < -0.3 is 10.4 Å². The summed E-state index contributed by atoms with van der Waals surface area (Å²) in [6.45, 7) is 0. The second-order valence-electron chi connectivity index (χ2n) is 5.16. The summed E-state index contributed by atoms with van der Waals surface area (Å²) in [4.78, 5) is 16.8. The van der Waals surface area contributed by atoms with Gasteiger partial charge in [0.15, 0.2) is 0 Å². The lowest BCUT2D eigenvalue weighted by Crippen LogP contribution is -2.43. The van der Waals surface area contributed by atoms with Crippen LogP contribution >= 0.6 is 0 Å². The number of fused-ring (bicyclic) bond motifs is 1. The molecule has 1 aromatic rings. The molecule has 2 N–H and O–H groups in total. The fraction of sp³-hybridized carbons (Fsp3) is 0.400. The lowest BCUT2D eigenvalue weighted by atomic mass is 9.96. The van der Waals surface area contributed by atoms with Gasteiger partial charge in [-0.05, 0) is 42.9 Å². The van der Waals surface area contributed by atoms with Crippen LogP contribution in [0.4, 0.5) is 5.69 Å². The third-order valence-corrected chi connectivity index (χ3v) is 3.92. The van der Waals surface area contributed by atoms with Crippen LogP contribution in [0.2, 0.25) is 0 Å². The Morgan fingerprint density at radius 3 is 3.00 bits per heavy atom. The van der Waals surface area contributed by atoms with Gasteiger partial charge in [-0.3, -0.25) is 4.84 Å². The van der Waals surface area contributed by atoms with E-state index in [4.69, 9.17) is 4.84 Å². The van der Waals surface area contributed by atoms with Gasteiger partial charge in [0.05, 0.1) is 12.8 Å². The number of carboxylic acids is 1. The Labute approximate surface area is 117 Å². The SMILES string of the molecule is CON1C2=C(CCCC(C(=O)O)N2)Cc2ccccc21. The summed E-state index contributed by atoms with van der Waals surface area (Å²) in [5.41, 5.74) is 3.41. The smallest absolute Gasteiger partial charge is 0.326 e. The molecule has 0 spiro atoms. The summed E-state index contributed by atoms with van der Waals surface area (Å²) in [7, 11) is 1.61. The standard InChI is InChI=1S/C15H18N2O3/c1-20-17-13-8-3-2-5-10(13)9-11-6-4-7-12(15(18)19)16-14(11)17/h2-3,5,8,12,16H,4,6-7,9H2,1H3,(H,18,19). The summed E-state index contributed by atoms with van der Waals surface area (Å²) in [6, 6.07) is 7.50. The van der Waals surface area contributed by atoms with Crippen molar-refractivity contribution in [3.63, 3.8) is 0 Å². The molecule has 0 saturated heterocycles. The molecule has 0 bridgehead atoms. The highest BCUT2D eigenvalue weighted by molar-refractivity contribution is 5.74. The summed E-state index contributed by atoms with van der Waals surface area (Å²) in [5, 5.41) is 14.1. The summed E-state index contributed by atoms with van der Waals surface area (Å²) >= 11 is 0. The Kier molecular flexibility index (Phi) is 3.36. The number of nitrogens with one attached hydrogen (secondary N) is 1. The number of anilines is 1. The van der Waals surface area contributed by atoms with Crippen molar-refractivity contribution < 1.29 is 14.7 Å². The molecule has 3 rings (SSSR count). The lowest BCUT2D eigenvalue weighted by molar-refractivity contribution is -0.139. The van der Waals surface area contributed by atoms with Crippen molar-refractivity contribution in [2.45, 2.75) is 31.7 Å². The van der Waals surface area contributed by atoms with Gasteiger partial charge in [0.2, 0.25) is 0 Å². The highest BCUT2D eigenvalue weighted by atomic mass is 16.7. The van der Waals surface area contributed by atoms with Crippen LogP contribution in [0.25, 0.3) is 0 Å². The van der Waals surface area contributed by atoms with E-state index in [-0.39, 0.29) is 0 Å². The first-order valence-electron chi connectivity index (χ1n) is 6.84. The predicted molar refractivity (Wildman–Crippen MR) is 75.1 cm³/mol. The third-order valence-electron chi connectivity index (χ3n) is 3.92. The number of hydroxylamine groups is 1. The normalized spacial score (nSPS) is 21.6. The summed E-state index contributed by atoms with van der Waals surface area (Å²) < 4.78 is 0. The van der Waals surface area contributed by atoms with E-state index in [1.54, 1.807) is 12.2 Å². The Bertz CT molecular complexity index is 568. The third kappa shape index (κ3) is 2.14. The molecule has 20 heavy (non-hydrogen) atoms. The molecule has 1 unspecified atom stereocenters. The van der Waals surface area contributed by atoms with Crippen molar-refractivity contribution in [3.05, 3.63) is 41.2 Å². The molecule has 1 aromatic carbocycles. The monoisotopic (exact) mass is 274 g/mol. The number of hydrogen-bond acceptors (Lipinski definition) is 4. The Hall–Kier alpha value is -2.01. The average Bonchev–Trinajstić information content (AvgIpc) is 2.66. The Morgan fingerprint density at radius 2 is 2.25 bits per heavy atom. The van der Waals surface area contributed by atoms with Crippen LogP contribution in [0.15, 0.2) is 35.7 Å². The van der Waals surface area contributed by atoms with Crippen LogP contribution in [-0.2, 0) is 16.1 Å². The Balaban J connectivity index is 2.00. The zero-order chi connectivity index (χ0) is 14.1. The van der Waals surface area contributed by atoms with Gasteiger partial charge in [-0.1, -0.05) is 18.2 Å². The first kappa shape index (κ1) is 13.0. The fourth-order valence-corrected chi connectivity index (χ4v) is 2.94. The van der Waals surface area contributed by atoms with Gasteiger partial charge >= 0.3 is 5.97 Å². The molecule has 0 aliphatic carbocycles. The molecular weight excluding hydrogens is 256 g/mol. The number of rotatable bonds is 2. The maximum absolute atomic E-state index is 11.3. The molecular formula is C15H18N2O3. The number of benzene rings is 1. The van der Waals surface area contributed by atoms with E-state index >= 15 is 0 Å². The first-order valence-corrected chi connectivity index (χ1v) is 6.84. The van der Waals surface area contributed by atoms with E-state index in [2.05, 4.69) is 11.4 Å². The van der Waals surface area contributed by atoms with Gasteiger partial charge in [0, 0.05) is 0 Å². The minimum Gasteiger partial charge on any atom is -0.480 e. The number of carboxylic acid groups (broad SMARTS) is 1. The molecule has 5 heteroatoms. The van der Waals surface area contributed by atoms with Crippen molar-refractivity contribution in [2.24, 2.45) is 0 Å². The molecule has 0 fully saturated rings. The van der Waals surface area contributed by atoms with Crippen LogP contribution in [0.3, 0.4) is 0 Å². The van der Waals surface area contributed by atoms with Crippen LogP contribution in [0.1, 0.15) is 24.8 Å². The van der Waals surface area contributed by atoms with Crippen LogP contribution in [-0.4, -0.2) is 24.2 Å². The van der Waals surface area contributed by atoms with Crippen molar-refractivity contribution in [1.29, 1.82) is 0 Å². The molecule has 0 aromatic heterocycles. The second kappa shape index (κ2) is 5.17. The maximum Gasteiger partial charge on any atom is 0.326 e. The van der Waals surface area contributed by atoms with Crippen molar-refractivity contribution in [2.75, 3.05) is 12.2 Å². The fourth-order valence-electron chi connectivity index (χ4n) is 2.94. The van der Waals surface area contributed by atoms with E-state index in [1.165, 1.54) is 11.1 Å². The van der Waals surface area contributed by atoms with Crippen LogP contribution in [0, 0.1) is 0 Å². The first-order chi connectivity index (χ1) is 9.70. The van der Waals surface area contributed by atoms with Gasteiger partial charge in [0.25, 0.3) is 0 Å². The molecule has 2 aliphatic rings. The van der Waals surface area contributed by atoms with E-state index in [1.807, 2.05) is 18.2 Å². The van der Waals surface area contributed by atoms with Gasteiger partial charge in [-0.2, -0.15) is 0 Å². The number of para-hydroxylation sites is 1. The quantitative estimate of drug-likeness (QED) is 0.864. The zero-order valence-electron chi connectivity index (χ0n) is 11.4. The van der Waals surface area contributed by atoms with Crippen molar-refractivity contribution >= 4 is 11.7 Å². The minimum absolute atomic E-state index is 0.551. The van der Waals surface area contributed by atoms with Gasteiger partial charge in [0.1, 0.15) is 11.9 Å². The number of nitrogens with zero attached hydrogens (tertiary/aromatic N) is 1. The van der Waals surface area contributed by atoms with E-state index in [9.17, 15) is 9.90 Å². The second-order valence-corrected chi connectivity index (χ2v) is 5.16. The lowest BCUT2D eigenvalue weighted by Gasteiger charge is -2.33. The molecule has 2 aliphatic heterocycles. The maximum atomic E-state index is 11.3. The summed E-state index contributed by atoms with van der Waals surface area (Å²) in [6.07, 6.45) is 3.27. The zero-order valence-corrected chi connectivity index (χ0v) is 11.4. The van der Waals surface area contributed by atoms with Crippen LogP contribution in [0.5, 0.6) is 0 Å². The molecule has 1 atom stereocenters.